The summed E-state index contributed by atoms with van der Waals surface area (Å²) in [6.45, 7) is 1.92. The first-order valence-corrected chi connectivity index (χ1v) is 6.94. The Kier molecular flexibility index (Phi) is 3.78. The van der Waals surface area contributed by atoms with E-state index in [0.717, 1.165) is 31.6 Å². The number of imidazole rings is 1. The third-order valence-corrected chi connectivity index (χ3v) is 3.58. The monoisotopic (exact) mass is 270 g/mol. The standard InChI is InChI=1S/C15H18N4O/c20-15(18-12-6-8-16-9-7-12)14-10-17-11-19(14)13-4-2-1-3-5-13/h1-5,10-12,16H,6-9H2,(H,18,20). The van der Waals surface area contributed by atoms with Crippen LogP contribution in [0.4, 0.5) is 0 Å². The van der Waals surface area contributed by atoms with Crippen LogP contribution >= 0.6 is 0 Å². The SMILES string of the molecule is O=C(NC1CCNCC1)c1cncn1-c1ccccc1. The number of nitrogens with one attached hydrogen (secondary N) is 2. The molecule has 0 radical (unpaired) electrons. The van der Waals surface area contributed by atoms with Crippen molar-refractivity contribution in [2.75, 3.05) is 13.1 Å². The predicted molar refractivity (Wildman–Crippen MR) is 76.9 cm³/mol. The molecule has 1 aliphatic heterocycles. The fraction of sp³-hybridized carbons (Fsp3) is 0.333. The van der Waals surface area contributed by atoms with E-state index in [1.165, 1.54) is 0 Å². The van der Waals surface area contributed by atoms with Crippen LogP contribution in [-0.2, 0) is 0 Å². The summed E-state index contributed by atoms with van der Waals surface area (Å²) in [5.74, 6) is -0.0572. The van der Waals surface area contributed by atoms with Gasteiger partial charge in [0, 0.05) is 11.7 Å². The molecular weight excluding hydrogens is 252 g/mol. The number of carbonyl (C=O) groups is 1. The van der Waals surface area contributed by atoms with Gasteiger partial charge in [-0.1, -0.05) is 18.2 Å². The molecule has 5 heteroatoms. The van der Waals surface area contributed by atoms with Crippen molar-refractivity contribution in [1.29, 1.82) is 0 Å². The number of para-hydroxylation sites is 1. The smallest absolute Gasteiger partial charge is 0.270 e. The van der Waals surface area contributed by atoms with Crippen molar-refractivity contribution in [3.63, 3.8) is 0 Å². The molecule has 1 aliphatic rings. The minimum absolute atomic E-state index is 0.0572. The fourth-order valence-electron chi connectivity index (χ4n) is 2.48. The first-order valence-electron chi connectivity index (χ1n) is 6.94. The highest BCUT2D eigenvalue weighted by Gasteiger charge is 2.19. The average Bonchev–Trinajstić information content (AvgIpc) is 2.99. The predicted octanol–water partition coefficient (Wildman–Crippen LogP) is 1.35. The lowest BCUT2D eigenvalue weighted by atomic mass is 10.1. The Balaban J connectivity index is 1.77. The quantitative estimate of drug-likeness (QED) is 0.885. The van der Waals surface area contributed by atoms with Crippen molar-refractivity contribution in [3.8, 4) is 5.69 Å². The van der Waals surface area contributed by atoms with Gasteiger partial charge in [-0.3, -0.25) is 9.36 Å². The molecule has 1 saturated heterocycles. The summed E-state index contributed by atoms with van der Waals surface area (Å²) < 4.78 is 1.82. The minimum atomic E-state index is -0.0572. The lowest BCUT2D eigenvalue weighted by Gasteiger charge is -2.23. The third-order valence-electron chi connectivity index (χ3n) is 3.58. The molecule has 0 unspecified atom stereocenters. The van der Waals surface area contributed by atoms with Gasteiger partial charge in [-0.15, -0.1) is 0 Å². The Morgan fingerprint density at radius 1 is 1.25 bits per heavy atom. The van der Waals surface area contributed by atoms with Crippen molar-refractivity contribution >= 4 is 5.91 Å². The van der Waals surface area contributed by atoms with Crippen molar-refractivity contribution in [1.82, 2.24) is 20.2 Å². The van der Waals surface area contributed by atoms with Crippen LogP contribution in [0.2, 0.25) is 0 Å². The van der Waals surface area contributed by atoms with Crippen molar-refractivity contribution in [2.45, 2.75) is 18.9 Å². The molecular formula is C15H18N4O. The van der Waals surface area contributed by atoms with E-state index < -0.39 is 0 Å². The maximum Gasteiger partial charge on any atom is 0.270 e. The Hall–Kier alpha value is -2.14. The van der Waals surface area contributed by atoms with E-state index in [1.54, 1.807) is 12.5 Å². The van der Waals surface area contributed by atoms with Crippen molar-refractivity contribution in [3.05, 3.63) is 48.5 Å². The molecule has 3 rings (SSSR count). The summed E-state index contributed by atoms with van der Waals surface area (Å²) in [6, 6.07) is 10.0. The van der Waals surface area contributed by atoms with Gasteiger partial charge in [0.05, 0.1) is 12.5 Å². The van der Waals surface area contributed by atoms with E-state index in [1.807, 2.05) is 34.9 Å². The third kappa shape index (κ3) is 2.72. The van der Waals surface area contributed by atoms with E-state index in [-0.39, 0.29) is 11.9 Å². The molecule has 104 valence electrons. The number of hydrogen-bond donors (Lipinski definition) is 2. The van der Waals surface area contributed by atoms with Crippen LogP contribution in [0.25, 0.3) is 5.69 Å². The molecule has 1 fully saturated rings. The lowest BCUT2D eigenvalue weighted by molar-refractivity contribution is 0.0922. The maximum atomic E-state index is 12.4. The average molecular weight is 270 g/mol. The molecule has 2 aromatic rings. The van der Waals surface area contributed by atoms with Crippen LogP contribution in [-0.4, -0.2) is 34.6 Å². The second-order valence-corrected chi connectivity index (χ2v) is 4.98. The number of carbonyl (C=O) groups excluding carboxylic acids is 1. The second-order valence-electron chi connectivity index (χ2n) is 4.98. The van der Waals surface area contributed by atoms with E-state index in [9.17, 15) is 4.79 Å². The molecule has 0 saturated carbocycles. The minimum Gasteiger partial charge on any atom is -0.348 e. The van der Waals surface area contributed by atoms with Crippen LogP contribution in [0.1, 0.15) is 23.3 Å². The molecule has 0 bridgehead atoms. The van der Waals surface area contributed by atoms with Crippen molar-refractivity contribution < 1.29 is 4.79 Å². The van der Waals surface area contributed by atoms with E-state index in [4.69, 9.17) is 0 Å². The Morgan fingerprint density at radius 3 is 2.75 bits per heavy atom. The van der Waals surface area contributed by atoms with Gasteiger partial charge in [-0.05, 0) is 38.1 Å². The Morgan fingerprint density at radius 2 is 2.00 bits per heavy atom. The number of aromatic nitrogens is 2. The van der Waals surface area contributed by atoms with Gasteiger partial charge in [0.2, 0.25) is 0 Å². The van der Waals surface area contributed by atoms with Gasteiger partial charge in [-0.25, -0.2) is 4.98 Å². The Bertz CT molecular complexity index is 573. The molecule has 2 heterocycles. The molecule has 1 aromatic heterocycles. The first kappa shape index (κ1) is 12.9. The number of benzene rings is 1. The zero-order chi connectivity index (χ0) is 13.8. The topological polar surface area (TPSA) is 59.0 Å². The summed E-state index contributed by atoms with van der Waals surface area (Å²) in [4.78, 5) is 16.5. The zero-order valence-electron chi connectivity index (χ0n) is 11.2. The zero-order valence-corrected chi connectivity index (χ0v) is 11.2. The maximum absolute atomic E-state index is 12.4. The van der Waals surface area contributed by atoms with Gasteiger partial charge >= 0.3 is 0 Å². The summed E-state index contributed by atoms with van der Waals surface area (Å²) in [7, 11) is 0. The lowest BCUT2D eigenvalue weighted by Crippen LogP contribution is -2.43. The summed E-state index contributed by atoms with van der Waals surface area (Å²) in [5, 5.41) is 6.38. The highest BCUT2D eigenvalue weighted by atomic mass is 16.2. The van der Waals surface area contributed by atoms with Crippen molar-refractivity contribution in [2.24, 2.45) is 0 Å². The fourth-order valence-corrected chi connectivity index (χ4v) is 2.48. The number of nitrogens with zero attached hydrogens (tertiary/aromatic N) is 2. The molecule has 5 nitrogen and oxygen atoms in total. The van der Waals surface area contributed by atoms with Crippen LogP contribution in [0, 0.1) is 0 Å². The number of hydrogen-bond acceptors (Lipinski definition) is 3. The van der Waals surface area contributed by atoms with Gasteiger partial charge in [0.1, 0.15) is 5.69 Å². The van der Waals surface area contributed by atoms with E-state index >= 15 is 0 Å². The number of amides is 1. The Labute approximate surface area is 118 Å². The van der Waals surface area contributed by atoms with Gasteiger partial charge in [0.15, 0.2) is 0 Å². The summed E-state index contributed by atoms with van der Waals surface area (Å²) >= 11 is 0. The van der Waals surface area contributed by atoms with Crippen LogP contribution in [0.15, 0.2) is 42.9 Å². The molecule has 0 aliphatic carbocycles. The first-order chi connectivity index (χ1) is 9.84. The molecule has 0 spiro atoms. The molecule has 1 aromatic carbocycles. The number of piperidine rings is 1. The largest absolute Gasteiger partial charge is 0.348 e. The van der Waals surface area contributed by atoms with Crippen LogP contribution in [0.3, 0.4) is 0 Å². The summed E-state index contributed by atoms with van der Waals surface area (Å²) in [5.41, 5.74) is 1.52. The molecule has 2 N–H and O–H groups in total. The van der Waals surface area contributed by atoms with Gasteiger partial charge in [-0.2, -0.15) is 0 Å². The van der Waals surface area contributed by atoms with Crippen LogP contribution in [0.5, 0.6) is 0 Å². The van der Waals surface area contributed by atoms with Crippen LogP contribution < -0.4 is 10.6 Å². The number of rotatable bonds is 3. The van der Waals surface area contributed by atoms with E-state index in [0.29, 0.717) is 5.69 Å². The molecule has 0 atom stereocenters. The van der Waals surface area contributed by atoms with E-state index in [2.05, 4.69) is 15.6 Å². The molecule has 1 amide bonds. The van der Waals surface area contributed by atoms with Gasteiger partial charge < -0.3 is 10.6 Å². The second kappa shape index (κ2) is 5.88. The highest BCUT2D eigenvalue weighted by Crippen LogP contribution is 2.11. The highest BCUT2D eigenvalue weighted by molar-refractivity contribution is 5.93. The summed E-state index contributed by atoms with van der Waals surface area (Å²) in [6.07, 6.45) is 5.24. The molecule has 20 heavy (non-hydrogen) atoms. The van der Waals surface area contributed by atoms with Gasteiger partial charge in [0.25, 0.3) is 5.91 Å². The normalized spacial score (nSPS) is 16.0.